The van der Waals surface area contributed by atoms with E-state index in [1.54, 1.807) is 6.08 Å². The minimum atomic E-state index is -0.295. The maximum atomic E-state index is 12.4. The molecule has 1 aliphatic carbocycles. The second-order valence-corrected chi connectivity index (χ2v) is 6.58. The van der Waals surface area contributed by atoms with Gasteiger partial charge in [0.25, 0.3) is 5.91 Å². The van der Waals surface area contributed by atoms with E-state index in [2.05, 4.69) is 10.5 Å². The SMILES string of the molecule is Cc1cc(-n2c(C)cc(C=C(C#N)C(=O)NC3CCCC3)c2C)no1. The molecule has 0 aliphatic heterocycles. The first kappa shape index (κ1) is 17.0. The van der Waals surface area contributed by atoms with Crippen LogP contribution in [0, 0.1) is 32.1 Å². The van der Waals surface area contributed by atoms with Crippen molar-refractivity contribution in [1.82, 2.24) is 15.0 Å². The third kappa shape index (κ3) is 3.50. The molecule has 0 aromatic carbocycles. The number of aryl methyl sites for hydroxylation is 2. The standard InChI is InChI=1S/C19H22N4O2/c1-12-8-15(14(3)23(12)18-9-13(2)25-22-18)10-16(11-20)19(24)21-17-6-4-5-7-17/h8-10,17H,4-7H2,1-3H3,(H,21,24). The maximum absolute atomic E-state index is 12.4. The predicted molar refractivity (Wildman–Crippen MR) is 94.0 cm³/mol. The van der Waals surface area contributed by atoms with Crippen molar-refractivity contribution in [2.24, 2.45) is 0 Å². The van der Waals surface area contributed by atoms with Crippen LogP contribution in [-0.4, -0.2) is 21.7 Å². The third-order valence-corrected chi connectivity index (χ3v) is 4.67. The number of carbonyl (C=O) groups is 1. The van der Waals surface area contributed by atoms with Gasteiger partial charge in [0.05, 0.1) is 0 Å². The van der Waals surface area contributed by atoms with Crippen molar-refractivity contribution < 1.29 is 9.32 Å². The van der Waals surface area contributed by atoms with Crippen molar-refractivity contribution in [2.45, 2.75) is 52.5 Å². The number of carbonyl (C=O) groups excluding carboxylic acids is 1. The summed E-state index contributed by atoms with van der Waals surface area (Å²) in [5.41, 5.74) is 2.83. The van der Waals surface area contributed by atoms with E-state index in [-0.39, 0.29) is 17.5 Å². The quantitative estimate of drug-likeness (QED) is 0.684. The monoisotopic (exact) mass is 338 g/mol. The van der Waals surface area contributed by atoms with Crippen molar-refractivity contribution in [3.8, 4) is 11.9 Å². The molecule has 6 heteroatoms. The molecule has 1 saturated carbocycles. The molecule has 2 heterocycles. The Balaban J connectivity index is 1.88. The highest BCUT2D eigenvalue weighted by atomic mass is 16.5. The third-order valence-electron chi connectivity index (χ3n) is 4.67. The summed E-state index contributed by atoms with van der Waals surface area (Å²) in [6.07, 6.45) is 5.90. The van der Waals surface area contributed by atoms with Gasteiger partial charge in [-0.2, -0.15) is 5.26 Å². The second-order valence-electron chi connectivity index (χ2n) is 6.58. The van der Waals surface area contributed by atoms with Crippen molar-refractivity contribution in [3.05, 3.63) is 40.4 Å². The van der Waals surface area contributed by atoms with Gasteiger partial charge in [-0.25, -0.2) is 0 Å². The van der Waals surface area contributed by atoms with Crippen LogP contribution in [0.4, 0.5) is 0 Å². The van der Waals surface area contributed by atoms with Gasteiger partial charge in [-0.15, -0.1) is 0 Å². The lowest BCUT2D eigenvalue weighted by molar-refractivity contribution is -0.117. The minimum absolute atomic E-state index is 0.128. The summed E-state index contributed by atoms with van der Waals surface area (Å²) in [5, 5.41) is 16.4. The van der Waals surface area contributed by atoms with E-state index in [1.165, 1.54) is 0 Å². The zero-order chi connectivity index (χ0) is 18.0. The van der Waals surface area contributed by atoms with Gasteiger partial charge in [0.1, 0.15) is 17.4 Å². The minimum Gasteiger partial charge on any atom is -0.360 e. The summed E-state index contributed by atoms with van der Waals surface area (Å²) in [5.74, 6) is 1.13. The molecule has 0 saturated heterocycles. The van der Waals surface area contributed by atoms with Gasteiger partial charge in [0, 0.05) is 23.5 Å². The fraction of sp³-hybridized carbons (Fsp3) is 0.421. The van der Waals surface area contributed by atoms with E-state index in [0.29, 0.717) is 5.82 Å². The molecule has 0 spiro atoms. The smallest absolute Gasteiger partial charge is 0.262 e. The Kier molecular flexibility index (Phi) is 4.75. The lowest BCUT2D eigenvalue weighted by Crippen LogP contribution is -2.33. The molecule has 2 aromatic heterocycles. The predicted octanol–water partition coefficient (Wildman–Crippen LogP) is 3.36. The topological polar surface area (TPSA) is 83.9 Å². The highest BCUT2D eigenvalue weighted by Crippen LogP contribution is 2.23. The molecule has 1 aliphatic rings. The van der Waals surface area contributed by atoms with Crippen molar-refractivity contribution in [3.63, 3.8) is 0 Å². The molecule has 0 atom stereocenters. The highest BCUT2D eigenvalue weighted by molar-refractivity contribution is 6.02. The normalized spacial score (nSPS) is 15.4. The molecule has 6 nitrogen and oxygen atoms in total. The Labute approximate surface area is 147 Å². The fourth-order valence-electron chi connectivity index (χ4n) is 3.38. The summed E-state index contributed by atoms with van der Waals surface area (Å²) in [6.45, 7) is 5.73. The average Bonchev–Trinajstić information content (AvgIpc) is 3.28. The molecule has 0 unspecified atom stereocenters. The number of rotatable bonds is 4. The van der Waals surface area contributed by atoms with Gasteiger partial charge in [-0.05, 0) is 51.3 Å². The first-order valence-corrected chi connectivity index (χ1v) is 8.55. The van der Waals surface area contributed by atoms with Gasteiger partial charge in [0.15, 0.2) is 5.82 Å². The van der Waals surface area contributed by atoms with Crippen LogP contribution in [0.2, 0.25) is 0 Å². The zero-order valence-electron chi connectivity index (χ0n) is 14.8. The largest absolute Gasteiger partial charge is 0.360 e. The van der Waals surface area contributed by atoms with Crippen molar-refractivity contribution in [1.29, 1.82) is 5.26 Å². The number of hydrogen-bond acceptors (Lipinski definition) is 4. The van der Waals surface area contributed by atoms with E-state index in [1.807, 2.05) is 43.5 Å². The number of amides is 1. The van der Waals surface area contributed by atoms with Gasteiger partial charge in [-0.1, -0.05) is 18.0 Å². The van der Waals surface area contributed by atoms with Crippen LogP contribution in [0.3, 0.4) is 0 Å². The van der Waals surface area contributed by atoms with Crippen molar-refractivity contribution >= 4 is 12.0 Å². The van der Waals surface area contributed by atoms with Crippen LogP contribution in [0.1, 0.15) is 48.4 Å². The molecular formula is C19H22N4O2. The van der Waals surface area contributed by atoms with E-state index in [9.17, 15) is 10.1 Å². The van der Waals surface area contributed by atoms with Gasteiger partial charge < -0.3 is 9.84 Å². The van der Waals surface area contributed by atoms with E-state index in [4.69, 9.17) is 4.52 Å². The molecule has 1 N–H and O–H groups in total. The van der Waals surface area contributed by atoms with E-state index < -0.39 is 0 Å². The summed E-state index contributed by atoms with van der Waals surface area (Å²) in [6, 6.07) is 6.02. The number of nitrogens with one attached hydrogen (secondary N) is 1. The lowest BCUT2D eigenvalue weighted by Gasteiger charge is -2.11. The Hall–Kier alpha value is -2.81. The summed E-state index contributed by atoms with van der Waals surface area (Å²) < 4.78 is 7.10. The van der Waals surface area contributed by atoms with E-state index in [0.717, 1.165) is 48.4 Å². The summed E-state index contributed by atoms with van der Waals surface area (Å²) in [7, 11) is 0. The molecule has 130 valence electrons. The zero-order valence-corrected chi connectivity index (χ0v) is 14.8. The molecule has 1 fully saturated rings. The molecule has 25 heavy (non-hydrogen) atoms. The van der Waals surface area contributed by atoms with Crippen LogP contribution < -0.4 is 5.32 Å². The molecule has 0 radical (unpaired) electrons. The molecule has 2 aromatic rings. The number of aromatic nitrogens is 2. The van der Waals surface area contributed by atoms with Crippen LogP contribution >= 0.6 is 0 Å². The Morgan fingerprint density at radius 1 is 1.36 bits per heavy atom. The molecule has 3 rings (SSSR count). The molecule has 1 amide bonds. The Morgan fingerprint density at radius 2 is 2.08 bits per heavy atom. The van der Waals surface area contributed by atoms with Crippen LogP contribution in [0.15, 0.2) is 22.2 Å². The number of nitrogens with zero attached hydrogens (tertiary/aromatic N) is 3. The van der Waals surface area contributed by atoms with Crippen molar-refractivity contribution in [2.75, 3.05) is 0 Å². The van der Waals surface area contributed by atoms with Gasteiger partial charge >= 0.3 is 0 Å². The number of nitriles is 1. The lowest BCUT2D eigenvalue weighted by atomic mass is 10.1. The number of hydrogen-bond donors (Lipinski definition) is 1. The highest BCUT2D eigenvalue weighted by Gasteiger charge is 2.20. The van der Waals surface area contributed by atoms with Gasteiger partial charge in [0.2, 0.25) is 0 Å². The first-order chi connectivity index (χ1) is 12.0. The first-order valence-electron chi connectivity index (χ1n) is 8.55. The second kappa shape index (κ2) is 6.98. The van der Waals surface area contributed by atoms with Gasteiger partial charge in [-0.3, -0.25) is 9.36 Å². The average molecular weight is 338 g/mol. The molecule has 0 bridgehead atoms. The maximum Gasteiger partial charge on any atom is 0.262 e. The molecular weight excluding hydrogens is 316 g/mol. The van der Waals surface area contributed by atoms with Crippen LogP contribution in [-0.2, 0) is 4.79 Å². The Morgan fingerprint density at radius 3 is 2.68 bits per heavy atom. The summed E-state index contributed by atoms with van der Waals surface area (Å²) in [4.78, 5) is 12.4. The van der Waals surface area contributed by atoms with Crippen LogP contribution in [0.5, 0.6) is 0 Å². The Bertz CT molecular complexity index is 861. The summed E-state index contributed by atoms with van der Waals surface area (Å²) >= 11 is 0. The fourth-order valence-corrected chi connectivity index (χ4v) is 3.38. The van der Waals surface area contributed by atoms with Crippen LogP contribution in [0.25, 0.3) is 11.9 Å². The van der Waals surface area contributed by atoms with E-state index >= 15 is 0 Å².